The Hall–Kier alpha value is -4.35. The van der Waals surface area contributed by atoms with Crippen LogP contribution in [0.25, 0.3) is 16.7 Å². The Morgan fingerprint density at radius 3 is 2.41 bits per heavy atom. The molecule has 1 fully saturated rings. The van der Waals surface area contributed by atoms with E-state index in [1.54, 1.807) is 24.0 Å². The number of likely N-dealkylation sites (tertiary alicyclic amines) is 1. The third-order valence-corrected chi connectivity index (χ3v) is 5.77. The number of phenols is 1. The second-order valence-electron chi connectivity index (χ2n) is 9.70. The highest BCUT2D eigenvalue weighted by atomic mass is 16.6. The lowest BCUT2D eigenvalue weighted by molar-refractivity contribution is -0.105. The van der Waals surface area contributed by atoms with Gasteiger partial charge in [-0.15, -0.1) is 0 Å². The number of hydrogen-bond acceptors (Lipinski definition) is 8. The van der Waals surface area contributed by atoms with Gasteiger partial charge in [0.25, 0.3) is 5.91 Å². The maximum absolute atomic E-state index is 11.9. The molecule has 12 heteroatoms. The predicted molar refractivity (Wildman–Crippen MR) is 140 cm³/mol. The zero-order valence-corrected chi connectivity index (χ0v) is 21.7. The summed E-state index contributed by atoms with van der Waals surface area (Å²) >= 11 is 0. The van der Waals surface area contributed by atoms with Gasteiger partial charge in [0.1, 0.15) is 17.2 Å². The molecule has 1 aliphatic heterocycles. The predicted octanol–water partition coefficient (Wildman–Crippen LogP) is 3.01. The van der Waals surface area contributed by atoms with Gasteiger partial charge in [-0.1, -0.05) is 6.07 Å². The number of carbonyl (C=O) groups excluding carboxylic acids is 3. The van der Waals surface area contributed by atoms with E-state index in [1.165, 1.54) is 10.8 Å². The van der Waals surface area contributed by atoms with Crippen molar-refractivity contribution in [2.24, 2.45) is 5.73 Å². The Balaban J connectivity index is 0.000000266. The monoisotopic (exact) mass is 511 g/mol. The third kappa shape index (κ3) is 5.90. The molecule has 1 aliphatic rings. The number of ether oxygens (including phenoxy) is 1. The van der Waals surface area contributed by atoms with Gasteiger partial charge in [-0.2, -0.15) is 4.98 Å². The zero-order chi connectivity index (χ0) is 27.5. The molecule has 0 bridgehead atoms. The SMILES string of the molecule is CC(C)(C)OC(=O)N1CCCC1.Cc1ccc(O)c(C)c1-n1c(N)c(C(N)=O)c2cnc(NC=O)nc21. The first-order valence-corrected chi connectivity index (χ1v) is 11.8. The summed E-state index contributed by atoms with van der Waals surface area (Å²) in [4.78, 5) is 43.9. The number of amides is 3. The number of fused-ring (bicyclic) bond motifs is 1. The molecule has 0 spiro atoms. The lowest BCUT2D eigenvalue weighted by atomic mass is 10.1. The van der Waals surface area contributed by atoms with Gasteiger partial charge < -0.3 is 26.2 Å². The highest BCUT2D eigenvalue weighted by Crippen LogP contribution is 2.35. The van der Waals surface area contributed by atoms with Crippen LogP contribution in [-0.4, -0.2) is 61.6 Å². The molecule has 3 heterocycles. The molecule has 2 aromatic heterocycles. The molecule has 0 atom stereocenters. The van der Waals surface area contributed by atoms with E-state index in [0.717, 1.165) is 31.5 Å². The molecular formula is C25H33N7O5. The Kier molecular flexibility index (Phi) is 7.90. The van der Waals surface area contributed by atoms with E-state index in [0.29, 0.717) is 28.7 Å². The first kappa shape index (κ1) is 27.2. The molecule has 0 unspecified atom stereocenters. The van der Waals surface area contributed by atoms with Crippen LogP contribution in [0.4, 0.5) is 16.6 Å². The summed E-state index contributed by atoms with van der Waals surface area (Å²) in [5.41, 5.74) is 13.6. The summed E-state index contributed by atoms with van der Waals surface area (Å²) in [5, 5.41) is 12.8. The largest absolute Gasteiger partial charge is 0.508 e. The molecule has 4 rings (SSSR count). The van der Waals surface area contributed by atoms with Crippen molar-refractivity contribution in [2.75, 3.05) is 24.1 Å². The van der Waals surface area contributed by atoms with Crippen LogP contribution in [0.5, 0.6) is 5.75 Å². The summed E-state index contributed by atoms with van der Waals surface area (Å²) in [6, 6.07) is 3.29. The van der Waals surface area contributed by atoms with E-state index in [9.17, 15) is 19.5 Å². The summed E-state index contributed by atoms with van der Waals surface area (Å²) in [6.07, 6.45) is 3.87. The summed E-state index contributed by atoms with van der Waals surface area (Å²) in [6.45, 7) is 10.9. The smallest absolute Gasteiger partial charge is 0.410 e. The molecule has 3 aromatic rings. The zero-order valence-electron chi connectivity index (χ0n) is 21.7. The number of nitrogens with two attached hydrogens (primary N) is 2. The molecule has 1 saturated heterocycles. The van der Waals surface area contributed by atoms with Crippen LogP contribution in [0.2, 0.25) is 0 Å². The van der Waals surface area contributed by atoms with Crippen LogP contribution in [0.3, 0.4) is 0 Å². The van der Waals surface area contributed by atoms with Crippen molar-refractivity contribution in [3.63, 3.8) is 0 Å². The lowest BCUT2D eigenvalue weighted by Crippen LogP contribution is -2.34. The van der Waals surface area contributed by atoms with Crippen molar-refractivity contribution >= 4 is 41.2 Å². The maximum atomic E-state index is 11.9. The van der Waals surface area contributed by atoms with Gasteiger partial charge >= 0.3 is 6.09 Å². The third-order valence-electron chi connectivity index (χ3n) is 5.77. The van der Waals surface area contributed by atoms with E-state index < -0.39 is 5.91 Å². The molecule has 1 aromatic carbocycles. The van der Waals surface area contributed by atoms with Crippen molar-refractivity contribution in [1.82, 2.24) is 19.4 Å². The minimum absolute atomic E-state index is 0.0488. The quantitative estimate of drug-likeness (QED) is 0.386. The number of rotatable bonds is 4. The summed E-state index contributed by atoms with van der Waals surface area (Å²) < 4.78 is 6.73. The molecule has 37 heavy (non-hydrogen) atoms. The van der Waals surface area contributed by atoms with Crippen molar-refractivity contribution in [3.8, 4) is 11.4 Å². The summed E-state index contributed by atoms with van der Waals surface area (Å²) in [7, 11) is 0. The Bertz CT molecular complexity index is 1340. The number of benzene rings is 1. The second-order valence-corrected chi connectivity index (χ2v) is 9.70. The number of aromatic hydroxyl groups is 1. The molecule has 0 saturated carbocycles. The minimum Gasteiger partial charge on any atom is -0.508 e. The number of phenolic OH excluding ortho intramolecular Hbond substituents is 1. The normalized spacial score (nSPS) is 13.2. The lowest BCUT2D eigenvalue weighted by Gasteiger charge is -2.23. The number of hydrogen-bond donors (Lipinski definition) is 4. The first-order chi connectivity index (χ1) is 17.4. The fourth-order valence-corrected chi connectivity index (χ4v) is 4.09. The van der Waals surface area contributed by atoms with Crippen LogP contribution in [-0.2, 0) is 9.53 Å². The maximum Gasteiger partial charge on any atom is 0.410 e. The van der Waals surface area contributed by atoms with Gasteiger partial charge in [-0.05, 0) is 59.1 Å². The number of nitrogens with one attached hydrogen (secondary N) is 1. The minimum atomic E-state index is -0.726. The molecule has 3 amide bonds. The molecule has 198 valence electrons. The number of aromatic nitrogens is 3. The first-order valence-electron chi connectivity index (χ1n) is 11.8. The van der Waals surface area contributed by atoms with E-state index in [-0.39, 0.29) is 34.8 Å². The highest BCUT2D eigenvalue weighted by Gasteiger charge is 2.25. The molecule has 0 aliphatic carbocycles. The van der Waals surface area contributed by atoms with Gasteiger partial charge in [-0.25, -0.2) is 9.78 Å². The van der Waals surface area contributed by atoms with Crippen molar-refractivity contribution in [3.05, 3.63) is 35.0 Å². The second kappa shape index (κ2) is 10.7. The van der Waals surface area contributed by atoms with E-state index in [2.05, 4.69) is 15.3 Å². The standard InChI is InChI=1S/C16H16N6O3.C9H17NO2/c1-7-3-4-10(24)8(2)12(7)22-13(17)11(14(18)25)9-5-19-16(20-6-23)21-15(9)22;1-9(2,3)12-8(11)10-6-4-5-7-10/h3-6,24H,17H2,1-2H3,(H2,18,25)(H,19,20,21,23);4-7H2,1-3H3. The fourth-order valence-electron chi connectivity index (χ4n) is 4.09. The highest BCUT2D eigenvalue weighted by molar-refractivity contribution is 6.11. The molecule has 12 nitrogen and oxygen atoms in total. The Labute approximate surface area is 214 Å². The number of nitrogen functional groups attached to an aromatic ring is 1. The van der Waals surface area contributed by atoms with E-state index in [4.69, 9.17) is 16.2 Å². The van der Waals surface area contributed by atoms with Gasteiger partial charge in [0.15, 0.2) is 5.65 Å². The number of aryl methyl sites for hydroxylation is 1. The van der Waals surface area contributed by atoms with Crippen LogP contribution < -0.4 is 16.8 Å². The summed E-state index contributed by atoms with van der Waals surface area (Å²) in [5.74, 6) is -0.524. The van der Waals surface area contributed by atoms with E-state index >= 15 is 0 Å². The van der Waals surface area contributed by atoms with Crippen molar-refractivity contribution in [1.29, 1.82) is 0 Å². The number of primary amides is 1. The number of nitrogens with zero attached hydrogens (tertiary/aromatic N) is 4. The van der Waals surface area contributed by atoms with Crippen LogP contribution >= 0.6 is 0 Å². The van der Waals surface area contributed by atoms with Gasteiger partial charge in [0.05, 0.1) is 16.6 Å². The topological polar surface area (TPSA) is 179 Å². The van der Waals surface area contributed by atoms with Crippen molar-refractivity contribution in [2.45, 2.75) is 53.1 Å². The van der Waals surface area contributed by atoms with Gasteiger partial charge in [-0.3, -0.25) is 19.5 Å². The average Bonchev–Trinajstić information content (AvgIpc) is 3.43. The van der Waals surface area contributed by atoms with Gasteiger partial charge in [0, 0.05) is 24.8 Å². The van der Waals surface area contributed by atoms with Crippen LogP contribution in [0, 0.1) is 13.8 Å². The molecule has 0 radical (unpaired) electrons. The molecular weight excluding hydrogens is 478 g/mol. The Morgan fingerprint density at radius 1 is 1.19 bits per heavy atom. The van der Waals surface area contributed by atoms with Gasteiger partial charge in [0.2, 0.25) is 12.4 Å². The average molecular weight is 512 g/mol. The molecule has 6 N–H and O–H groups in total. The van der Waals surface area contributed by atoms with Crippen LogP contribution in [0.1, 0.15) is 55.1 Å². The fraction of sp³-hybridized carbons (Fsp3) is 0.400. The number of carbonyl (C=O) groups is 3. The Morgan fingerprint density at radius 2 is 1.84 bits per heavy atom. The number of anilines is 2. The van der Waals surface area contributed by atoms with E-state index in [1.807, 2.05) is 27.7 Å². The van der Waals surface area contributed by atoms with Crippen LogP contribution in [0.15, 0.2) is 18.3 Å². The van der Waals surface area contributed by atoms with Crippen molar-refractivity contribution < 1.29 is 24.2 Å².